The van der Waals surface area contributed by atoms with Gasteiger partial charge in [0.2, 0.25) is 0 Å². The molecule has 0 bridgehead atoms. The minimum absolute atomic E-state index is 0.561. The van der Waals surface area contributed by atoms with Gasteiger partial charge in [-0.3, -0.25) is 0 Å². The van der Waals surface area contributed by atoms with Crippen LogP contribution in [0.15, 0.2) is 25.5 Å². The van der Waals surface area contributed by atoms with Crippen LogP contribution in [0.3, 0.4) is 0 Å². The van der Waals surface area contributed by atoms with Gasteiger partial charge < -0.3 is 0 Å². The highest BCUT2D eigenvalue weighted by Crippen LogP contribution is 2.39. The molecule has 3 rings (SSSR count). The molecule has 0 amide bonds. The second-order valence-electron chi connectivity index (χ2n) is 3.47. The topological polar surface area (TPSA) is 51.6 Å². The summed E-state index contributed by atoms with van der Waals surface area (Å²) in [5.74, 6) is 1.51. The summed E-state index contributed by atoms with van der Waals surface area (Å²) in [5.41, 5.74) is 1.72. The van der Waals surface area contributed by atoms with E-state index in [4.69, 9.17) is 0 Å². The predicted octanol–water partition coefficient (Wildman–Crippen LogP) is 3.12. The monoisotopic (exact) mass is 314 g/mol. The van der Waals surface area contributed by atoms with E-state index in [-0.39, 0.29) is 0 Å². The van der Waals surface area contributed by atoms with E-state index >= 15 is 0 Å². The molecule has 1 aliphatic rings. The Morgan fingerprint density at radius 3 is 2.94 bits per heavy atom. The van der Waals surface area contributed by atoms with Gasteiger partial charge in [-0.05, 0) is 40.5 Å². The highest BCUT2D eigenvalue weighted by atomic mass is 79.9. The van der Waals surface area contributed by atoms with Crippen LogP contribution in [0.1, 0.15) is 24.6 Å². The molecule has 0 unspecified atom stereocenters. The molecule has 0 radical (unpaired) electrons. The van der Waals surface area contributed by atoms with E-state index in [9.17, 15) is 0 Å². The quantitative estimate of drug-likeness (QED) is 0.815. The molecule has 1 saturated carbocycles. The van der Waals surface area contributed by atoms with E-state index in [0.717, 1.165) is 19.8 Å². The summed E-state index contributed by atoms with van der Waals surface area (Å²) in [6.45, 7) is 0. The number of hydrogen-bond donors (Lipinski definition) is 0. The van der Waals surface area contributed by atoms with Gasteiger partial charge in [-0.2, -0.15) is 0 Å². The third kappa shape index (κ3) is 2.41. The second kappa shape index (κ2) is 4.38. The van der Waals surface area contributed by atoms with Crippen molar-refractivity contribution >= 4 is 39.0 Å². The molecule has 0 aromatic carbocycles. The van der Waals surface area contributed by atoms with Crippen molar-refractivity contribution in [3.8, 4) is 0 Å². The summed E-state index contributed by atoms with van der Waals surface area (Å²) in [6.07, 6.45) is 2.42. The number of aromatic nitrogens is 4. The highest BCUT2D eigenvalue weighted by Gasteiger charge is 2.27. The molecule has 4 nitrogen and oxygen atoms in total. The van der Waals surface area contributed by atoms with Crippen LogP contribution in [0.2, 0.25) is 0 Å². The van der Waals surface area contributed by atoms with E-state index in [0.29, 0.717) is 5.92 Å². The van der Waals surface area contributed by atoms with Crippen LogP contribution >= 0.6 is 39.0 Å². The molecule has 1 fully saturated rings. The Bertz CT molecular complexity index is 498. The van der Waals surface area contributed by atoms with Crippen molar-refractivity contribution < 1.29 is 0 Å². The van der Waals surface area contributed by atoms with E-state index in [1.54, 1.807) is 5.51 Å². The molecule has 0 N–H and O–H groups in total. The number of halogens is 1. The number of nitrogens with zero attached hydrogens (tertiary/aromatic N) is 4. The Morgan fingerprint density at radius 2 is 2.25 bits per heavy atom. The lowest BCUT2D eigenvalue weighted by molar-refractivity contribution is 0.865. The molecule has 2 aromatic rings. The maximum Gasteiger partial charge on any atom is 0.180 e. The molecule has 2 heterocycles. The first-order valence-corrected chi connectivity index (χ1v) is 7.28. The van der Waals surface area contributed by atoms with Gasteiger partial charge in [0, 0.05) is 12.0 Å². The summed E-state index contributed by atoms with van der Waals surface area (Å²) < 4.78 is 1.75. The molecular formula is C9H7BrN4S2. The summed E-state index contributed by atoms with van der Waals surface area (Å²) in [4.78, 5) is 8.92. The van der Waals surface area contributed by atoms with Crippen molar-refractivity contribution in [2.75, 3.05) is 0 Å². The maximum absolute atomic E-state index is 4.53. The van der Waals surface area contributed by atoms with Gasteiger partial charge in [0.15, 0.2) is 4.34 Å². The first kappa shape index (κ1) is 10.6. The minimum atomic E-state index is 0.561. The molecule has 7 heteroatoms. The SMILES string of the molecule is Brc1cc(Sc2nncs2)nc(C2CC2)n1. The van der Waals surface area contributed by atoms with Crippen LogP contribution in [0.25, 0.3) is 0 Å². The van der Waals surface area contributed by atoms with Crippen LogP contribution in [0, 0.1) is 0 Å². The third-order valence-corrected chi connectivity index (χ3v) is 4.27. The van der Waals surface area contributed by atoms with Crippen molar-refractivity contribution in [3.63, 3.8) is 0 Å². The van der Waals surface area contributed by atoms with Crippen LogP contribution in [0.4, 0.5) is 0 Å². The first-order valence-electron chi connectivity index (χ1n) is 4.80. The Balaban J connectivity index is 1.88. The third-order valence-electron chi connectivity index (χ3n) is 2.16. The van der Waals surface area contributed by atoms with E-state index in [1.165, 1.54) is 35.9 Å². The van der Waals surface area contributed by atoms with Crippen LogP contribution in [0.5, 0.6) is 0 Å². The molecule has 1 aliphatic carbocycles. The van der Waals surface area contributed by atoms with Crippen LogP contribution in [-0.4, -0.2) is 20.2 Å². The fraction of sp³-hybridized carbons (Fsp3) is 0.333. The maximum atomic E-state index is 4.53. The molecule has 16 heavy (non-hydrogen) atoms. The molecule has 0 aliphatic heterocycles. The van der Waals surface area contributed by atoms with Crippen molar-refractivity contribution in [1.82, 2.24) is 20.2 Å². The highest BCUT2D eigenvalue weighted by molar-refractivity contribution is 9.10. The number of hydrogen-bond acceptors (Lipinski definition) is 6. The lowest BCUT2D eigenvalue weighted by atomic mass is 10.4. The van der Waals surface area contributed by atoms with Gasteiger partial charge in [-0.25, -0.2) is 9.97 Å². The normalized spacial score (nSPS) is 15.3. The van der Waals surface area contributed by atoms with Crippen molar-refractivity contribution in [1.29, 1.82) is 0 Å². The average Bonchev–Trinajstić information content (AvgIpc) is 2.98. The lowest BCUT2D eigenvalue weighted by Gasteiger charge is -2.01. The van der Waals surface area contributed by atoms with Gasteiger partial charge in [0.25, 0.3) is 0 Å². The standard InChI is InChI=1S/C9H7BrN4S2/c10-6-3-7(16-9-14-11-4-15-9)13-8(12-6)5-1-2-5/h3-5H,1-2H2. The summed E-state index contributed by atoms with van der Waals surface area (Å²) in [6, 6.07) is 1.91. The minimum Gasteiger partial charge on any atom is -0.226 e. The Morgan fingerprint density at radius 1 is 1.38 bits per heavy atom. The Hall–Kier alpha value is -0.530. The second-order valence-corrected chi connectivity index (χ2v) is 6.38. The smallest absolute Gasteiger partial charge is 0.180 e. The van der Waals surface area contributed by atoms with Crippen molar-refractivity contribution in [2.45, 2.75) is 28.1 Å². The zero-order valence-corrected chi connectivity index (χ0v) is 11.3. The van der Waals surface area contributed by atoms with Crippen molar-refractivity contribution in [3.05, 3.63) is 22.0 Å². The molecule has 0 saturated heterocycles. The molecule has 0 spiro atoms. The largest absolute Gasteiger partial charge is 0.226 e. The molecule has 2 aromatic heterocycles. The molecular weight excluding hydrogens is 308 g/mol. The van der Waals surface area contributed by atoms with E-state index in [1.807, 2.05) is 6.07 Å². The van der Waals surface area contributed by atoms with Crippen LogP contribution in [-0.2, 0) is 0 Å². The zero-order valence-electron chi connectivity index (χ0n) is 8.13. The fourth-order valence-electron chi connectivity index (χ4n) is 1.29. The van der Waals surface area contributed by atoms with Crippen molar-refractivity contribution in [2.24, 2.45) is 0 Å². The molecule has 82 valence electrons. The summed E-state index contributed by atoms with van der Waals surface area (Å²) in [7, 11) is 0. The van der Waals surface area contributed by atoms with Gasteiger partial charge in [-0.1, -0.05) is 11.3 Å². The zero-order chi connectivity index (χ0) is 11.0. The van der Waals surface area contributed by atoms with Gasteiger partial charge >= 0.3 is 0 Å². The van der Waals surface area contributed by atoms with E-state index < -0.39 is 0 Å². The van der Waals surface area contributed by atoms with Gasteiger partial charge in [0.1, 0.15) is 21.0 Å². The fourth-order valence-corrected chi connectivity index (χ4v) is 3.27. The van der Waals surface area contributed by atoms with Gasteiger partial charge in [0.05, 0.1) is 0 Å². The Kier molecular flexibility index (Phi) is 2.91. The lowest BCUT2D eigenvalue weighted by Crippen LogP contribution is -1.94. The van der Waals surface area contributed by atoms with Crippen LogP contribution < -0.4 is 0 Å². The molecule has 0 atom stereocenters. The summed E-state index contributed by atoms with van der Waals surface area (Å²) in [5, 5.41) is 8.72. The summed E-state index contributed by atoms with van der Waals surface area (Å²) >= 11 is 6.47. The first-order chi connectivity index (χ1) is 7.81. The average molecular weight is 315 g/mol. The Labute approximate surface area is 109 Å². The van der Waals surface area contributed by atoms with E-state index in [2.05, 4.69) is 36.1 Å². The predicted molar refractivity (Wildman–Crippen MR) is 65.7 cm³/mol. The van der Waals surface area contributed by atoms with Gasteiger partial charge in [-0.15, -0.1) is 10.2 Å². The number of rotatable bonds is 3.